The number of para-hydroxylation sites is 1. The van der Waals surface area contributed by atoms with E-state index in [1.807, 2.05) is 36.6 Å². The average molecular weight is 233 g/mol. The first-order valence-corrected chi connectivity index (χ1v) is 5.96. The Morgan fingerprint density at radius 1 is 1.47 bits per heavy atom. The number of rotatable bonds is 4. The number of fused-ring (bicyclic) bond motifs is 1. The number of aromatic nitrogens is 2. The molecule has 1 heterocycles. The minimum absolute atomic E-state index is 0.196. The first-order chi connectivity index (χ1) is 8.15. The van der Waals surface area contributed by atoms with Crippen LogP contribution in [0.4, 0.5) is 5.95 Å². The largest absolute Gasteiger partial charge is 0.380 e. The summed E-state index contributed by atoms with van der Waals surface area (Å²) in [7, 11) is 0. The van der Waals surface area contributed by atoms with Crippen molar-refractivity contribution in [3.8, 4) is 0 Å². The van der Waals surface area contributed by atoms with Gasteiger partial charge in [-0.2, -0.15) is 0 Å². The summed E-state index contributed by atoms with van der Waals surface area (Å²) < 4.78 is 7.49. The zero-order valence-electron chi connectivity index (χ0n) is 10.6. The van der Waals surface area contributed by atoms with E-state index in [9.17, 15) is 0 Å². The molecule has 1 unspecified atom stereocenters. The highest BCUT2D eigenvalue weighted by Gasteiger charge is 2.14. The van der Waals surface area contributed by atoms with E-state index in [0.29, 0.717) is 12.6 Å². The molecule has 0 aliphatic carbocycles. The Bertz CT molecular complexity index is 519. The molecule has 1 aromatic heterocycles. The van der Waals surface area contributed by atoms with Crippen LogP contribution in [0.2, 0.25) is 0 Å². The van der Waals surface area contributed by atoms with Crippen LogP contribution in [0.3, 0.4) is 0 Å². The van der Waals surface area contributed by atoms with Gasteiger partial charge in [-0.05, 0) is 32.4 Å². The molecule has 0 fully saturated rings. The summed E-state index contributed by atoms with van der Waals surface area (Å²) in [5.74, 6) is 0.557. The van der Waals surface area contributed by atoms with Crippen molar-refractivity contribution in [3.05, 3.63) is 23.8 Å². The van der Waals surface area contributed by atoms with Crippen LogP contribution in [0.25, 0.3) is 11.0 Å². The van der Waals surface area contributed by atoms with Crippen molar-refractivity contribution >= 4 is 17.0 Å². The van der Waals surface area contributed by atoms with E-state index in [0.717, 1.165) is 23.2 Å². The number of hydrogen-bond donors (Lipinski definition) is 1. The lowest BCUT2D eigenvalue weighted by atomic mass is 10.2. The van der Waals surface area contributed by atoms with E-state index < -0.39 is 0 Å². The molecule has 17 heavy (non-hydrogen) atoms. The third-order valence-electron chi connectivity index (χ3n) is 2.95. The summed E-state index contributed by atoms with van der Waals surface area (Å²) in [5.41, 5.74) is 9.20. The number of hydrogen-bond acceptors (Lipinski definition) is 3. The van der Waals surface area contributed by atoms with Gasteiger partial charge in [0.15, 0.2) is 0 Å². The lowest BCUT2D eigenvalue weighted by Crippen LogP contribution is -2.14. The van der Waals surface area contributed by atoms with Crippen molar-refractivity contribution in [2.24, 2.45) is 0 Å². The second-order valence-electron chi connectivity index (χ2n) is 4.29. The molecule has 4 nitrogen and oxygen atoms in total. The predicted molar refractivity (Wildman–Crippen MR) is 70.1 cm³/mol. The van der Waals surface area contributed by atoms with Crippen LogP contribution in [-0.4, -0.2) is 22.8 Å². The third kappa shape index (κ3) is 2.13. The van der Waals surface area contributed by atoms with Crippen LogP contribution >= 0.6 is 0 Å². The van der Waals surface area contributed by atoms with E-state index in [-0.39, 0.29) is 6.04 Å². The topological polar surface area (TPSA) is 53.1 Å². The quantitative estimate of drug-likeness (QED) is 0.882. The number of ether oxygens (including phenoxy) is 1. The van der Waals surface area contributed by atoms with Crippen LogP contribution in [-0.2, 0) is 4.74 Å². The van der Waals surface area contributed by atoms with Crippen LogP contribution in [0, 0.1) is 6.92 Å². The van der Waals surface area contributed by atoms with Crippen LogP contribution in [0.1, 0.15) is 25.5 Å². The Hall–Kier alpha value is -1.55. The van der Waals surface area contributed by atoms with E-state index in [4.69, 9.17) is 10.5 Å². The lowest BCUT2D eigenvalue weighted by molar-refractivity contribution is 0.120. The van der Waals surface area contributed by atoms with Gasteiger partial charge < -0.3 is 15.0 Å². The van der Waals surface area contributed by atoms with Crippen LogP contribution < -0.4 is 5.73 Å². The molecule has 2 N–H and O–H groups in total. The maximum atomic E-state index is 5.99. The molecule has 0 bridgehead atoms. The Balaban J connectivity index is 2.46. The standard InChI is InChI=1S/C13H19N3O/c1-4-17-8-10(3)16-11-7-5-6-9(2)12(11)15-13(16)14/h5-7,10H,4,8H2,1-3H3,(H2,14,15). The normalized spacial score (nSPS) is 13.1. The Labute approximate surface area is 101 Å². The van der Waals surface area contributed by atoms with Crippen molar-refractivity contribution in [1.82, 2.24) is 9.55 Å². The summed E-state index contributed by atoms with van der Waals surface area (Å²) in [4.78, 5) is 4.43. The summed E-state index contributed by atoms with van der Waals surface area (Å²) in [5, 5.41) is 0. The van der Waals surface area contributed by atoms with E-state index in [1.165, 1.54) is 0 Å². The molecule has 4 heteroatoms. The smallest absolute Gasteiger partial charge is 0.201 e. The molecule has 0 amide bonds. The summed E-state index contributed by atoms with van der Waals surface area (Å²) in [6.07, 6.45) is 0. The van der Waals surface area contributed by atoms with Crippen molar-refractivity contribution in [1.29, 1.82) is 0 Å². The zero-order valence-corrected chi connectivity index (χ0v) is 10.6. The molecular formula is C13H19N3O. The fourth-order valence-corrected chi connectivity index (χ4v) is 2.10. The fraction of sp³-hybridized carbons (Fsp3) is 0.462. The first-order valence-electron chi connectivity index (χ1n) is 5.96. The molecule has 92 valence electrons. The van der Waals surface area contributed by atoms with Crippen LogP contribution in [0.15, 0.2) is 18.2 Å². The maximum absolute atomic E-state index is 5.99. The van der Waals surface area contributed by atoms with Crippen molar-refractivity contribution in [3.63, 3.8) is 0 Å². The van der Waals surface area contributed by atoms with Gasteiger partial charge in [-0.25, -0.2) is 4.98 Å². The monoisotopic (exact) mass is 233 g/mol. The molecule has 2 rings (SSSR count). The molecule has 1 aromatic carbocycles. The molecule has 0 spiro atoms. The number of anilines is 1. The Kier molecular flexibility index (Phi) is 3.33. The van der Waals surface area contributed by atoms with Gasteiger partial charge in [0, 0.05) is 6.61 Å². The molecule has 0 aliphatic rings. The number of nitrogen functional groups attached to an aromatic ring is 1. The summed E-state index contributed by atoms with van der Waals surface area (Å²) in [6, 6.07) is 6.32. The van der Waals surface area contributed by atoms with Crippen molar-refractivity contribution in [2.45, 2.75) is 26.8 Å². The lowest BCUT2D eigenvalue weighted by Gasteiger charge is -2.15. The molecule has 0 saturated heterocycles. The van der Waals surface area contributed by atoms with Crippen molar-refractivity contribution < 1.29 is 4.74 Å². The Morgan fingerprint density at radius 3 is 2.94 bits per heavy atom. The van der Waals surface area contributed by atoms with Gasteiger partial charge in [-0.1, -0.05) is 12.1 Å². The minimum Gasteiger partial charge on any atom is -0.380 e. The second kappa shape index (κ2) is 4.75. The van der Waals surface area contributed by atoms with Crippen LogP contribution in [0.5, 0.6) is 0 Å². The molecule has 0 radical (unpaired) electrons. The van der Waals surface area contributed by atoms with Crippen molar-refractivity contribution in [2.75, 3.05) is 18.9 Å². The fourth-order valence-electron chi connectivity index (χ4n) is 2.10. The number of imidazole rings is 1. The van der Waals surface area contributed by atoms with Gasteiger partial charge in [0.25, 0.3) is 0 Å². The highest BCUT2D eigenvalue weighted by atomic mass is 16.5. The van der Waals surface area contributed by atoms with E-state index in [1.54, 1.807) is 0 Å². The minimum atomic E-state index is 0.196. The molecule has 0 saturated carbocycles. The summed E-state index contributed by atoms with van der Waals surface area (Å²) >= 11 is 0. The molecular weight excluding hydrogens is 214 g/mol. The van der Waals surface area contributed by atoms with Gasteiger partial charge in [-0.15, -0.1) is 0 Å². The molecule has 2 aromatic rings. The number of nitrogens with zero attached hydrogens (tertiary/aromatic N) is 2. The molecule has 1 atom stereocenters. The number of nitrogens with two attached hydrogens (primary N) is 1. The van der Waals surface area contributed by atoms with Gasteiger partial charge in [-0.3, -0.25) is 0 Å². The van der Waals surface area contributed by atoms with E-state index >= 15 is 0 Å². The van der Waals surface area contributed by atoms with Gasteiger partial charge in [0.05, 0.1) is 23.7 Å². The highest BCUT2D eigenvalue weighted by Crippen LogP contribution is 2.24. The highest BCUT2D eigenvalue weighted by molar-refractivity contribution is 5.81. The maximum Gasteiger partial charge on any atom is 0.201 e. The average Bonchev–Trinajstić information content (AvgIpc) is 2.64. The summed E-state index contributed by atoms with van der Waals surface area (Å²) in [6.45, 7) is 7.50. The molecule has 0 aliphatic heterocycles. The SMILES string of the molecule is CCOCC(C)n1c(N)nc2c(C)cccc21. The third-order valence-corrected chi connectivity index (χ3v) is 2.95. The van der Waals surface area contributed by atoms with Gasteiger partial charge in [0.2, 0.25) is 5.95 Å². The van der Waals surface area contributed by atoms with Gasteiger partial charge in [0.1, 0.15) is 0 Å². The number of benzene rings is 1. The second-order valence-corrected chi connectivity index (χ2v) is 4.29. The zero-order chi connectivity index (χ0) is 12.4. The van der Waals surface area contributed by atoms with E-state index in [2.05, 4.69) is 11.9 Å². The predicted octanol–water partition coefficient (Wildman–Crippen LogP) is 2.52. The first kappa shape index (κ1) is 11.9. The van der Waals surface area contributed by atoms with Gasteiger partial charge >= 0.3 is 0 Å². The Morgan fingerprint density at radius 2 is 2.24 bits per heavy atom. The number of aryl methyl sites for hydroxylation is 1.